The number of hydrogen-bond acceptors (Lipinski definition) is 9. The van der Waals surface area contributed by atoms with Crippen LogP contribution >= 0.6 is 31.0 Å². The van der Waals surface area contributed by atoms with Gasteiger partial charge in [0.25, 0.3) is 11.8 Å². The number of hydrogen-bond donors (Lipinski definition) is 3. The van der Waals surface area contributed by atoms with Crippen LogP contribution in [0.3, 0.4) is 0 Å². The maximum atomic E-state index is 14.2. The van der Waals surface area contributed by atoms with Crippen molar-refractivity contribution in [2.24, 2.45) is 5.92 Å². The second kappa shape index (κ2) is 15.5. The third-order valence-electron chi connectivity index (χ3n) is 8.36. The first-order valence-electron chi connectivity index (χ1n) is 16.2. The van der Waals surface area contributed by atoms with E-state index in [0.29, 0.717) is 12.8 Å². The molecular weight excluding hydrogens is 736 g/mol. The standard InChI is InChI=1S/C34H43Cl2F2N2O10P/c1-31(2,3)49-51(45,50-32(4,5)6)48-29(30(43)44)22-17-33(39-27(41)18-46-20-7-9-23(35)25(37)15-20)11-13-34(22,14-12-33)40-28(42)19-47-21-8-10-24(36)26(38)16-21/h7-10,15-16,22,29H,11-14,17-19H2,1-6H3,(H,39,41)(H,40,42)(H,43,44)/t22?,29-,33?,34?/m0/s1. The minimum absolute atomic E-state index is 0.0279. The van der Waals surface area contributed by atoms with Crippen molar-refractivity contribution in [2.75, 3.05) is 13.2 Å². The molecule has 17 heteroatoms. The summed E-state index contributed by atoms with van der Waals surface area (Å²) in [7, 11) is -4.60. The number of carbonyl (C=O) groups is 3. The van der Waals surface area contributed by atoms with Crippen LogP contribution in [0.5, 0.6) is 11.5 Å². The van der Waals surface area contributed by atoms with Crippen LogP contribution in [-0.2, 0) is 32.5 Å². The van der Waals surface area contributed by atoms with Gasteiger partial charge in [0.15, 0.2) is 19.3 Å². The zero-order chi connectivity index (χ0) is 38.0. The molecule has 3 N–H and O–H groups in total. The van der Waals surface area contributed by atoms with E-state index in [-0.39, 0.29) is 40.8 Å². The minimum Gasteiger partial charge on any atom is -0.484 e. The normalized spacial score (nSPS) is 22.6. The van der Waals surface area contributed by atoms with Crippen LogP contribution < -0.4 is 20.1 Å². The van der Waals surface area contributed by atoms with E-state index in [1.165, 1.54) is 24.3 Å². The molecule has 5 rings (SSSR count). The van der Waals surface area contributed by atoms with E-state index in [4.69, 9.17) is 46.2 Å². The third kappa shape index (κ3) is 11.0. The predicted molar refractivity (Wildman–Crippen MR) is 184 cm³/mol. The summed E-state index contributed by atoms with van der Waals surface area (Å²) in [5, 5.41) is 16.2. The molecule has 2 aromatic rings. The number of amides is 2. The molecule has 2 amide bonds. The van der Waals surface area contributed by atoms with Gasteiger partial charge < -0.3 is 25.2 Å². The van der Waals surface area contributed by atoms with Gasteiger partial charge in [0.05, 0.1) is 21.2 Å². The summed E-state index contributed by atoms with van der Waals surface area (Å²) < 4.78 is 70.3. The van der Waals surface area contributed by atoms with Crippen LogP contribution in [0.4, 0.5) is 8.78 Å². The third-order valence-corrected chi connectivity index (χ3v) is 11.0. The number of rotatable bonds is 14. The van der Waals surface area contributed by atoms with Gasteiger partial charge in [0.2, 0.25) is 0 Å². The molecule has 0 aromatic heterocycles. The highest BCUT2D eigenvalue weighted by Crippen LogP contribution is 2.60. The van der Waals surface area contributed by atoms with Gasteiger partial charge in [-0.2, -0.15) is 0 Å². The molecule has 0 heterocycles. The highest BCUT2D eigenvalue weighted by molar-refractivity contribution is 7.48. The maximum Gasteiger partial charge on any atom is 0.476 e. The Morgan fingerprint density at radius 3 is 1.71 bits per heavy atom. The smallest absolute Gasteiger partial charge is 0.476 e. The Hall–Kier alpha value is -3.00. The molecule has 0 radical (unpaired) electrons. The summed E-state index contributed by atoms with van der Waals surface area (Å²) in [4.78, 5) is 39.6. The molecule has 12 nitrogen and oxygen atoms in total. The Bertz CT molecular complexity index is 1660. The molecule has 3 saturated carbocycles. The lowest BCUT2D eigenvalue weighted by atomic mass is 9.54. The first-order valence-corrected chi connectivity index (χ1v) is 18.4. The summed E-state index contributed by atoms with van der Waals surface area (Å²) in [6.45, 7) is 8.60. The summed E-state index contributed by atoms with van der Waals surface area (Å²) in [6, 6.07) is 7.44. The topological polar surface area (TPSA) is 159 Å². The Labute approximate surface area is 305 Å². The molecule has 2 atom stereocenters. The fraction of sp³-hybridized carbons (Fsp3) is 0.559. The first kappa shape index (κ1) is 40.8. The van der Waals surface area contributed by atoms with Crippen molar-refractivity contribution in [3.05, 3.63) is 58.1 Å². The summed E-state index contributed by atoms with van der Waals surface area (Å²) in [5.41, 5.74) is -4.37. The van der Waals surface area contributed by atoms with Gasteiger partial charge in [0.1, 0.15) is 23.1 Å². The predicted octanol–water partition coefficient (Wildman–Crippen LogP) is 7.24. The van der Waals surface area contributed by atoms with Gasteiger partial charge in [0, 0.05) is 29.1 Å². The van der Waals surface area contributed by atoms with Crippen LogP contribution in [0.15, 0.2) is 36.4 Å². The Balaban J connectivity index is 1.61. The second-order valence-corrected chi connectivity index (χ2v) is 17.1. The van der Waals surface area contributed by atoms with Gasteiger partial charge >= 0.3 is 13.8 Å². The highest BCUT2D eigenvalue weighted by Gasteiger charge is 2.60. The molecule has 3 aliphatic rings. The molecule has 3 fully saturated rings. The van der Waals surface area contributed by atoms with Crippen LogP contribution in [0, 0.1) is 17.6 Å². The molecule has 3 aliphatic carbocycles. The molecule has 282 valence electrons. The van der Waals surface area contributed by atoms with Crippen molar-refractivity contribution < 1.29 is 55.9 Å². The number of halogens is 4. The Kier molecular flexibility index (Phi) is 12.4. The molecule has 2 bridgehead atoms. The maximum absolute atomic E-state index is 14.2. The highest BCUT2D eigenvalue weighted by atomic mass is 35.5. The van der Waals surface area contributed by atoms with Crippen LogP contribution in [0.2, 0.25) is 10.0 Å². The monoisotopic (exact) mass is 778 g/mol. The zero-order valence-electron chi connectivity index (χ0n) is 29.1. The second-order valence-electron chi connectivity index (χ2n) is 14.8. The minimum atomic E-state index is -4.60. The van der Waals surface area contributed by atoms with Gasteiger partial charge in [-0.05, 0) is 97.9 Å². The largest absolute Gasteiger partial charge is 0.484 e. The quantitative estimate of drug-likeness (QED) is 0.167. The SMILES string of the molecule is CC(C)(C)OP(=O)(O[C@H](C(=O)O)C1CC2(NC(=O)COc3ccc(Cl)c(F)c3)CCC1(NC(=O)COc1ccc(Cl)c(F)c1)CC2)OC(C)(C)C. The lowest BCUT2D eigenvalue weighted by Gasteiger charge is -2.59. The number of carboxylic acids is 1. The first-order chi connectivity index (χ1) is 23.5. The van der Waals surface area contributed by atoms with Crippen molar-refractivity contribution in [3.8, 4) is 11.5 Å². The molecule has 0 saturated heterocycles. The van der Waals surface area contributed by atoms with E-state index in [1.54, 1.807) is 41.5 Å². The van der Waals surface area contributed by atoms with Gasteiger partial charge in [-0.3, -0.25) is 23.2 Å². The number of nitrogens with one attached hydrogen (secondary N) is 2. The van der Waals surface area contributed by atoms with E-state index in [9.17, 15) is 32.8 Å². The van der Waals surface area contributed by atoms with Crippen LogP contribution in [0.1, 0.15) is 73.6 Å². The lowest BCUT2D eigenvalue weighted by molar-refractivity contribution is -0.160. The van der Waals surface area contributed by atoms with Crippen LogP contribution in [0.25, 0.3) is 0 Å². The van der Waals surface area contributed by atoms with Crippen molar-refractivity contribution in [2.45, 2.75) is 102 Å². The van der Waals surface area contributed by atoms with Crippen molar-refractivity contribution in [3.63, 3.8) is 0 Å². The molecule has 0 aliphatic heterocycles. The molecule has 2 aromatic carbocycles. The summed E-state index contributed by atoms with van der Waals surface area (Å²) in [5.74, 6) is -5.11. The van der Waals surface area contributed by atoms with E-state index >= 15 is 0 Å². The number of phosphoric acid groups is 1. The van der Waals surface area contributed by atoms with E-state index < -0.39 is 84.8 Å². The fourth-order valence-electron chi connectivity index (χ4n) is 6.40. The molecule has 1 unspecified atom stereocenters. The number of carboxylic acid groups (broad SMARTS) is 1. The average Bonchev–Trinajstić information content (AvgIpc) is 2.99. The number of benzene rings is 2. The molecular formula is C34H43Cl2F2N2O10P. The number of fused-ring (bicyclic) bond motifs is 3. The Morgan fingerprint density at radius 2 is 1.29 bits per heavy atom. The number of carbonyl (C=O) groups excluding carboxylic acids is 2. The van der Waals surface area contributed by atoms with E-state index in [1.807, 2.05) is 0 Å². The van der Waals surface area contributed by atoms with Gasteiger partial charge in [-0.15, -0.1) is 0 Å². The summed E-state index contributed by atoms with van der Waals surface area (Å²) >= 11 is 11.5. The van der Waals surface area contributed by atoms with E-state index in [0.717, 1.165) is 12.1 Å². The van der Waals surface area contributed by atoms with Crippen molar-refractivity contribution in [1.29, 1.82) is 0 Å². The van der Waals surface area contributed by atoms with Gasteiger partial charge in [-0.25, -0.2) is 18.1 Å². The molecule has 51 heavy (non-hydrogen) atoms. The fourth-order valence-corrected chi connectivity index (χ4v) is 8.61. The number of aliphatic carboxylic acids is 1. The van der Waals surface area contributed by atoms with Crippen molar-refractivity contribution >= 4 is 48.8 Å². The van der Waals surface area contributed by atoms with Gasteiger partial charge in [-0.1, -0.05) is 23.2 Å². The number of phosphoric ester groups is 1. The van der Waals surface area contributed by atoms with Crippen LogP contribution in [-0.4, -0.2) is 64.5 Å². The van der Waals surface area contributed by atoms with E-state index in [2.05, 4.69) is 10.6 Å². The average molecular weight is 780 g/mol. The zero-order valence-corrected chi connectivity index (χ0v) is 31.6. The lowest BCUT2D eigenvalue weighted by Crippen LogP contribution is -2.71. The molecule has 0 spiro atoms. The van der Waals surface area contributed by atoms with Crippen molar-refractivity contribution in [1.82, 2.24) is 10.6 Å². The summed E-state index contributed by atoms with van der Waals surface area (Å²) in [6.07, 6.45) is -0.887. The number of ether oxygens (including phenoxy) is 2. The Morgan fingerprint density at radius 1 is 0.843 bits per heavy atom.